The maximum absolute atomic E-state index is 13.9. The van der Waals surface area contributed by atoms with Crippen molar-refractivity contribution in [1.82, 2.24) is 15.1 Å². The molecule has 1 aromatic heterocycles. The molecule has 5 rings (SSSR count). The summed E-state index contributed by atoms with van der Waals surface area (Å²) in [5.41, 5.74) is 4.19. The summed E-state index contributed by atoms with van der Waals surface area (Å²) in [7, 11) is 0. The van der Waals surface area contributed by atoms with Gasteiger partial charge in [-0.3, -0.25) is 14.5 Å². The van der Waals surface area contributed by atoms with Gasteiger partial charge in [0.05, 0.1) is 28.5 Å². The molecule has 7 nitrogen and oxygen atoms in total. The molecular formula is C30H35FN4O3S. The van der Waals surface area contributed by atoms with Crippen LogP contribution >= 0.6 is 11.8 Å². The molecule has 1 fully saturated rings. The third-order valence-corrected chi connectivity index (χ3v) is 8.32. The summed E-state index contributed by atoms with van der Waals surface area (Å²) in [6.45, 7) is 9.30. The molecule has 2 aliphatic heterocycles. The minimum atomic E-state index is -0.362. The number of ether oxygens (including phenoxy) is 1. The van der Waals surface area contributed by atoms with Crippen LogP contribution in [0.3, 0.4) is 0 Å². The molecule has 0 unspecified atom stereocenters. The van der Waals surface area contributed by atoms with Crippen molar-refractivity contribution in [3.8, 4) is 5.69 Å². The zero-order valence-electron chi connectivity index (χ0n) is 22.9. The maximum atomic E-state index is 13.9. The van der Waals surface area contributed by atoms with Gasteiger partial charge in [0.15, 0.2) is 0 Å². The number of amides is 2. The van der Waals surface area contributed by atoms with E-state index in [0.29, 0.717) is 24.7 Å². The minimum absolute atomic E-state index is 0.00263. The van der Waals surface area contributed by atoms with Crippen LogP contribution in [0.5, 0.6) is 0 Å². The van der Waals surface area contributed by atoms with Crippen LogP contribution in [-0.4, -0.2) is 53.1 Å². The SMILES string of the molecule is Cc1cccc([C@@H]2SCC(=O)N(CC(=O)NC[C@H]3CCCO3)c3c2c(C(C)(C)C)nn3-c2ccc(F)cc2)c1. The Morgan fingerprint density at radius 1 is 1.21 bits per heavy atom. The average molecular weight is 551 g/mol. The molecule has 1 saturated heterocycles. The van der Waals surface area contributed by atoms with Crippen molar-refractivity contribution in [2.75, 3.05) is 30.3 Å². The second-order valence-corrected chi connectivity index (χ2v) is 12.3. The number of carbonyl (C=O) groups is 2. The second-order valence-electron chi connectivity index (χ2n) is 11.2. The molecule has 0 radical (unpaired) electrons. The Hall–Kier alpha value is -3.17. The number of thioether (sulfide) groups is 1. The first-order valence-electron chi connectivity index (χ1n) is 13.4. The summed E-state index contributed by atoms with van der Waals surface area (Å²) in [6.07, 6.45) is 1.90. The van der Waals surface area contributed by atoms with Crippen molar-refractivity contribution in [3.63, 3.8) is 0 Å². The number of aromatic nitrogens is 2. The van der Waals surface area contributed by atoms with E-state index in [2.05, 4.69) is 38.2 Å². The van der Waals surface area contributed by atoms with Crippen LogP contribution in [0.4, 0.5) is 10.2 Å². The molecule has 2 aromatic carbocycles. The average Bonchev–Trinajstić information content (AvgIpc) is 3.52. The first-order chi connectivity index (χ1) is 18.6. The number of halogens is 1. The lowest BCUT2D eigenvalue weighted by molar-refractivity contribution is -0.123. The smallest absolute Gasteiger partial charge is 0.240 e. The summed E-state index contributed by atoms with van der Waals surface area (Å²) in [4.78, 5) is 28.4. The molecule has 2 aliphatic rings. The van der Waals surface area contributed by atoms with Gasteiger partial charge in [0, 0.05) is 24.1 Å². The maximum Gasteiger partial charge on any atom is 0.240 e. The predicted molar refractivity (Wildman–Crippen MR) is 152 cm³/mol. The van der Waals surface area contributed by atoms with Gasteiger partial charge in [-0.05, 0) is 49.6 Å². The number of benzene rings is 2. The molecular weight excluding hydrogens is 515 g/mol. The molecule has 0 saturated carbocycles. The van der Waals surface area contributed by atoms with Crippen molar-refractivity contribution in [2.24, 2.45) is 0 Å². The Morgan fingerprint density at radius 2 is 1.97 bits per heavy atom. The van der Waals surface area contributed by atoms with Gasteiger partial charge < -0.3 is 10.1 Å². The number of hydrogen-bond donors (Lipinski definition) is 1. The largest absolute Gasteiger partial charge is 0.376 e. The molecule has 2 amide bonds. The number of fused-ring (bicyclic) bond motifs is 1. The van der Waals surface area contributed by atoms with E-state index >= 15 is 0 Å². The van der Waals surface area contributed by atoms with Crippen LogP contribution in [0, 0.1) is 12.7 Å². The summed E-state index contributed by atoms with van der Waals surface area (Å²) < 4.78 is 21.2. The number of carbonyl (C=O) groups excluding carboxylic acids is 2. The summed E-state index contributed by atoms with van der Waals surface area (Å²) >= 11 is 1.55. The van der Waals surface area contributed by atoms with Crippen LogP contribution in [0.2, 0.25) is 0 Å². The van der Waals surface area contributed by atoms with Crippen molar-refractivity contribution >= 4 is 29.4 Å². The van der Waals surface area contributed by atoms with Gasteiger partial charge in [-0.25, -0.2) is 9.07 Å². The van der Waals surface area contributed by atoms with Crippen LogP contribution < -0.4 is 10.2 Å². The zero-order chi connectivity index (χ0) is 27.7. The Balaban J connectivity index is 1.65. The Bertz CT molecular complexity index is 1360. The lowest BCUT2D eigenvalue weighted by Crippen LogP contribution is -2.44. The number of hydrogen-bond acceptors (Lipinski definition) is 5. The van der Waals surface area contributed by atoms with Crippen LogP contribution in [0.1, 0.15) is 61.2 Å². The van der Waals surface area contributed by atoms with Crippen molar-refractivity contribution < 1.29 is 18.7 Å². The molecule has 0 bridgehead atoms. The summed E-state index contributed by atoms with van der Waals surface area (Å²) in [6, 6.07) is 14.3. The highest BCUT2D eigenvalue weighted by Gasteiger charge is 2.40. The van der Waals surface area contributed by atoms with E-state index in [0.717, 1.165) is 35.2 Å². The van der Waals surface area contributed by atoms with E-state index in [9.17, 15) is 14.0 Å². The van der Waals surface area contributed by atoms with Gasteiger partial charge in [-0.2, -0.15) is 5.10 Å². The van der Waals surface area contributed by atoms with Gasteiger partial charge in [-0.15, -0.1) is 11.8 Å². The highest BCUT2D eigenvalue weighted by Crippen LogP contribution is 2.48. The van der Waals surface area contributed by atoms with E-state index in [1.165, 1.54) is 12.1 Å². The molecule has 0 aliphatic carbocycles. The zero-order valence-corrected chi connectivity index (χ0v) is 23.7. The normalized spacial score (nSPS) is 19.6. The second kappa shape index (κ2) is 11.1. The van der Waals surface area contributed by atoms with Gasteiger partial charge >= 0.3 is 0 Å². The van der Waals surface area contributed by atoms with E-state index in [4.69, 9.17) is 9.84 Å². The first kappa shape index (κ1) is 27.4. The Kier molecular flexibility index (Phi) is 7.82. The quantitative estimate of drug-likeness (QED) is 0.463. The van der Waals surface area contributed by atoms with Crippen LogP contribution in [0.25, 0.3) is 5.69 Å². The molecule has 9 heteroatoms. The van der Waals surface area contributed by atoms with Crippen LogP contribution in [0.15, 0.2) is 48.5 Å². The number of nitrogens with one attached hydrogen (secondary N) is 1. The first-order valence-corrected chi connectivity index (χ1v) is 14.4. The van der Waals surface area contributed by atoms with Gasteiger partial charge in [0.25, 0.3) is 0 Å². The fourth-order valence-electron chi connectivity index (χ4n) is 5.16. The van der Waals surface area contributed by atoms with Crippen molar-refractivity contribution in [3.05, 3.63) is 76.7 Å². The minimum Gasteiger partial charge on any atom is -0.376 e. The van der Waals surface area contributed by atoms with E-state index in [1.54, 1.807) is 33.5 Å². The summed E-state index contributed by atoms with van der Waals surface area (Å²) in [5.74, 6) is -0.0254. The number of nitrogens with zero attached hydrogens (tertiary/aromatic N) is 3. The van der Waals surface area contributed by atoms with E-state index < -0.39 is 0 Å². The third kappa shape index (κ3) is 5.89. The molecule has 39 heavy (non-hydrogen) atoms. The Morgan fingerprint density at radius 3 is 2.64 bits per heavy atom. The fraction of sp³-hybridized carbons (Fsp3) is 0.433. The monoisotopic (exact) mass is 550 g/mol. The van der Waals surface area contributed by atoms with Crippen molar-refractivity contribution in [2.45, 2.75) is 57.3 Å². The van der Waals surface area contributed by atoms with Gasteiger partial charge in [0.1, 0.15) is 18.2 Å². The topological polar surface area (TPSA) is 76.5 Å². The predicted octanol–water partition coefficient (Wildman–Crippen LogP) is 5.08. The fourth-order valence-corrected chi connectivity index (χ4v) is 6.35. The van der Waals surface area contributed by atoms with E-state index in [1.807, 2.05) is 19.1 Å². The van der Waals surface area contributed by atoms with Gasteiger partial charge in [-0.1, -0.05) is 50.6 Å². The molecule has 1 N–H and O–H groups in total. The van der Waals surface area contributed by atoms with Crippen LogP contribution in [-0.2, 0) is 19.7 Å². The molecule has 2 atom stereocenters. The molecule has 0 spiro atoms. The standard InChI is InChI=1S/C30H35FN4O3S/c1-19-7-5-8-20(15-19)27-26-28(30(2,3)4)33-35(22-12-10-21(31)11-13-22)29(26)34(25(37)18-39-27)17-24(36)32-16-23-9-6-14-38-23/h5,7-8,10-13,15,23,27H,6,9,14,16-18H2,1-4H3,(H,32,36)/t23-,27+/m1/s1. The van der Waals surface area contributed by atoms with Crippen molar-refractivity contribution in [1.29, 1.82) is 0 Å². The lowest BCUT2D eigenvalue weighted by Gasteiger charge is -2.25. The number of aryl methyl sites for hydroxylation is 1. The summed E-state index contributed by atoms with van der Waals surface area (Å²) in [5, 5.41) is 7.82. The number of anilines is 1. The molecule has 3 heterocycles. The molecule has 3 aromatic rings. The van der Waals surface area contributed by atoms with Gasteiger partial charge in [0.2, 0.25) is 11.8 Å². The lowest BCUT2D eigenvalue weighted by atomic mass is 9.87. The Labute approximate surface area is 233 Å². The van der Waals surface area contributed by atoms with E-state index in [-0.39, 0.29) is 46.7 Å². The third-order valence-electron chi connectivity index (χ3n) is 7.07. The highest BCUT2D eigenvalue weighted by atomic mass is 32.2. The molecule has 206 valence electrons. The number of rotatable bonds is 6. The highest BCUT2D eigenvalue weighted by molar-refractivity contribution is 8.00.